The first-order chi connectivity index (χ1) is 6.79. The number of nitrogens with two attached hydrogens (primary N) is 1. The van der Waals surface area contributed by atoms with Gasteiger partial charge in [-0.3, -0.25) is 0 Å². The molecule has 0 spiro atoms. The smallest absolute Gasteiger partial charge is 0.0327 e. The molecule has 1 aliphatic rings. The summed E-state index contributed by atoms with van der Waals surface area (Å²) in [5.41, 5.74) is 7.87. The van der Waals surface area contributed by atoms with Crippen LogP contribution in [0.5, 0.6) is 0 Å². The number of nitrogens with one attached hydrogen (secondary N) is 1. The fourth-order valence-corrected chi connectivity index (χ4v) is 2.00. The lowest BCUT2D eigenvalue weighted by molar-refractivity contribution is 0.614. The lowest BCUT2D eigenvalue weighted by Gasteiger charge is -2.12. The Bertz CT molecular complexity index is 333. The van der Waals surface area contributed by atoms with Crippen LogP contribution in [-0.2, 0) is 0 Å². The van der Waals surface area contributed by atoms with E-state index in [4.69, 9.17) is 5.73 Å². The summed E-state index contributed by atoms with van der Waals surface area (Å²) < 4.78 is 0. The van der Waals surface area contributed by atoms with Crippen LogP contribution in [0.2, 0.25) is 0 Å². The van der Waals surface area contributed by atoms with Crippen molar-refractivity contribution in [2.75, 3.05) is 5.73 Å². The molecule has 1 aromatic carbocycles. The van der Waals surface area contributed by atoms with Gasteiger partial charge in [-0.05, 0) is 30.5 Å². The molecule has 14 heavy (non-hydrogen) atoms. The van der Waals surface area contributed by atoms with E-state index < -0.39 is 0 Å². The molecule has 0 bridgehead atoms. The van der Waals surface area contributed by atoms with Crippen LogP contribution in [0.1, 0.15) is 24.4 Å². The van der Waals surface area contributed by atoms with Crippen molar-refractivity contribution in [2.24, 2.45) is 0 Å². The Morgan fingerprint density at radius 3 is 2.93 bits per heavy atom. The topological polar surface area (TPSA) is 38.0 Å². The Hall–Kier alpha value is -1.28. The summed E-state index contributed by atoms with van der Waals surface area (Å²) >= 11 is 0. The summed E-state index contributed by atoms with van der Waals surface area (Å²) in [5, 5.41) is 3.51. The zero-order valence-electron chi connectivity index (χ0n) is 8.24. The van der Waals surface area contributed by atoms with Gasteiger partial charge in [0.1, 0.15) is 0 Å². The largest absolute Gasteiger partial charge is 0.399 e. The molecule has 2 rings (SSSR count). The van der Waals surface area contributed by atoms with Crippen LogP contribution in [0.4, 0.5) is 5.69 Å². The number of rotatable bonds is 2. The highest BCUT2D eigenvalue weighted by Gasteiger charge is 2.22. The summed E-state index contributed by atoms with van der Waals surface area (Å²) in [6, 6.07) is 9.00. The van der Waals surface area contributed by atoms with Gasteiger partial charge < -0.3 is 11.1 Å². The Balaban J connectivity index is 2.13. The fourth-order valence-electron chi connectivity index (χ4n) is 2.00. The van der Waals surface area contributed by atoms with Crippen molar-refractivity contribution < 1.29 is 0 Å². The minimum absolute atomic E-state index is 0.446. The Kier molecular flexibility index (Phi) is 2.55. The molecule has 0 aliphatic carbocycles. The highest BCUT2D eigenvalue weighted by molar-refractivity contribution is 5.42. The zero-order chi connectivity index (χ0) is 9.97. The highest BCUT2D eigenvalue weighted by Crippen LogP contribution is 2.27. The number of nitrogen functional groups attached to an aromatic ring is 1. The average molecular weight is 188 g/mol. The van der Waals surface area contributed by atoms with Gasteiger partial charge >= 0.3 is 0 Å². The predicted molar refractivity (Wildman–Crippen MR) is 60.0 cm³/mol. The van der Waals surface area contributed by atoms with Crippen LogP contribution in [0.25, 0.3) is 0 Å². The van der Waals surface area contributed by atoms with Crippen molar-refractivity contribution >= 4 is 5.69 Å². The second-order valence-corrected chi connectivity index (χ2v) is 3.81. The van der Waals surface area contributed by atoms with E-state index in [1.54, 1.807) is 0 Å². The standard InChI is InChI=1S/C12H16N2/c1-2-11-6-7-12(14-11)9-4-3-5-10(13)8-9/h2-5,8,11-12,14H,1,6-7,13H2/t11-,12-/m1/s1. The van der Waals surface area contributed by atoms with E-state index in [2.05, 4.69) is 18.0 Å². The number of benzene rings is 1. The van der Waals surface area contributed by atoms with Crippen LogP contribution < -0.4 is 11.1 Å². The SMILES string of the molecule is C=C[C@@H]1CC[C@H](c2cccc(N)c2)N1. The summed E-state index contributed by atoms with van der Waals surface area (Å²) in [6.45, 7) is 3.80. The van der Waals surface area contributed by atoms with Gasteiger partial charge in [0.15, 0.2) is 0 Å². The normalized spacial score (nSPS) is 26.3. The van der Waals surface area contributed by atoms with Gasteiger partial charge in [-0.15, -0.1) is 6.58 Å². The molecule has 0 radical (unpaired) electrons. The van der Waals surface area contributed by atoms with E-state index in [0.29, 0.717) is 12.1 Å². The minimum atomic E-state index is 0.446. The third kappa shape index (κ3) is 1.80. The zero-order valence-corrected chi connectivity index (χ0v) is 8.24. The van der Waals surface area contributed by atoms with Gasteiger partial charge in [-0.25, -0.2) is 0 Å². The summed E-state index contributed by atoms with van der Waals surface area (Å²) in [6.07, 6.45) is 4.31. The minimum Gasteiger partial charge on any atom is -0.399 e. The van der Waals surface area contributed by atoms with Crippen molar-refractivity contribution in [3.05, 3.63) is 42.5 Å². The molecular weight excluding hydrogens is 172 g/mol. The average Bonchev–Trinajstić information content (AvgIpc) is 2.66. The van der Waals surface area contributed by atoms with E-state index in [1.807, 2.05) is 24.3 Å². The highest BCUT2D eigenvalue weighted by atomic mass is 15.0. The third-order valence-corrected chi connectivity index (χ3v) is 2.78. The van der Waals surface area contributed by atoms with E-state index >= 15 is 0 Å². The molecule has 0 saturated carbocycles. The first-order valence-corrected chi connectivity index (χ1v) is 5.03. The Morgan fingerprint density at radius 2 is 2.29 bits per heavy atom. The molecule has 0 aromatic heterocycles. The maximum Gasteiger partial charge on any atom is 0.0327 e. The van der Waals surface area contributed by atoms with E-state index in [1.165, 1.54) is 18.4 Å². The van der Waals surface area contributed by atoms with E-state index in [9.17, 15) is 0 Å². The maximum absolute atomic E-state index is 5.75. The summed E-state index contributed by atoms with van der Waals surface area (Å²) in [5.74, 6) is 0. The Labute approximate surface area is 84.8 Å². The first-order valence-electron chi connectivity index (χ1n) is 5.03. The quantitative estimate of drug-likeness (QED) is 0.552. The van der Waals surface area contributed by atoms with Crippen LogP contribution in [0.15, 0.2) is 36.9 Å². The van der Waals surface area contributed by atoms with E-state index in [0.717, 1.165) is 5.69 Å². The summed E-state index contributed by atoms with van der Waals surface area (Å²) in [7, 11) is 0. The van der Waals surface area contributed by atoms with Crippen molar-refractivity contribution in [3.8, 4) is 0 Å². The molecule has 1 fully saturated rings. The van der Waals surface area contributed by atoms with Gasteiger partial charge in [0.2, 0.25) is 0 Å². The van der Waals surface area contributed by atoms with Crippen LogP contribution in [0, 0.1) is 0 Å². The first kappa shape index (κ1) is 9.28. The lowest BCUT2D eigenvalue weighted by atomic mass is 10.0. The molecule has 1 saturated heterocycles. The molecule has 2 heteroatoms. The van der Waals surface area contributed by atoms with Gasteiger partial charge in [0.05, 0.1) is 0 Å². The molecule has 2 atom stereocenters. The molecule has 1 aromatic rings. The molecule has 1 heterocycles. The monoisotopic (exact) mass is 188 g/mol. The lowest BCUT2D eigenvalue weighted by Crippen LogP contribution is -2.21. The molecule has 74 valence electrons. The second kappa shape index (κ2) is 3.84. The van der Waals surface area contributed by atoms with Crippen molar-refractivity contribution in [3.63, 3.8) is 0 Å². The van der Waals surface area contributed by atoms with E-state index in [-0.39, 0.29) is 0 Å². The van der Waals surface area contributed by atoms with Gasteiger partial charge in [0, 0.05) is 17.8 Å². The molecule has 1 aliphatic heterocycles. The van der Waals surface area contributed by atoms with Gasteiger partial charge in [-0.2, -0.15) is 0 Å². The van der Waals surface area contributed by atoms with Crippen molar-refractivity contribution in [2.45, 2.75) is 24.9 Å². The van der Waals surface area contributed by atoms with Gasteiger partial charge in [0.25, 0.3) is 0 Å². The van der Waals surface area contributed by atoms with Crippen molar-refractivity contribution in [1.82, 2.24) is 5.32 Å². The second-order valence-electron chi connectivity index (χ2n) is 3.81. The molecule has 0 amide bonds. The Morgan fingerprint density at radius 1 is 1.43 bits per heavy atom. The van der Waals surface area contributed by atoms with Gasteiger partial charge in [-0.1, -0.05) is 18.2 Å². The number of anilines is 1. The summed E-state index contributed by atoms with van der Waals surface area (Å²) in [4.78, 5) is 0. The molecule has 2 nitrogen and oxygen atoms in total. The third-order valence-electron chi connectivity index (χ3n) is 2.78. The number of hydrogen-bond donors (Lipinski definition) is 2. The number of hydrogen-bond acceptors (Lipinski definition) is 2. The van der Waals surface area contributed by atoms with Crippen LogP contribution in [0.3, 0.4) is 0 Å². The van der Waals surface area contributed by atoms with Crippen LogP contribution in [-0.4, -0.2) is 6.04 Å². The molecule has 0 unspecified atom stereocenters. The predicted octanol–water partition coefficient (Wildman–Crippen LogP) is 2.25. The molecule has 3 N–H and O–H groups in total. The molecular formula is C12H16N2. The fraction of sp³-hybridized carbons (Fsp3) is 0.333. The van der Waals surface area contributed by atoms with Crippen molar-refractivity contribution in [1.29, 1.82) is 0 Å². The maximum atomic E-state index is 5.75. The van der Waals surface area contributed by atoms with Crippen LogP contribution >= 0.6 is 0 Å².